The summed E-state index contributed by atoms with van der Waals surface area (Å²) in [6, 6.07) is 0.777. The van der Waals surface area contributed by atoms with Crippen molar-refractivity contribution in [2.75, 3.05) is 39.3 Å². The predicted molar refractivity (Wildman–Crippen MR) is 98.5 cm³/mol. The van der Waals surface area contributed by atoms with Gasteiger partial charge in [-0.25, -0.2) is 4.79 Å². The van der Waals surface area contributed by atoms with Gasteiger partial charge in [0.25, 0.3) is 0 Å². The minimum atomic E-state index is -0.472. The van der Waals surface area contributed by atoms with Crippen molar-refractivity contribution in [2.24, 2.45) is 4.99 Å². The summed E-state index contributed by atoms with van der Waals surface area (Å²) in [5.74, 6) is 0.787. The van der Waals surface area contributed by atoms with E-state index in [9.17, 15) is 4.79 Å². The largest absolute Gasteiger partial charge is 0.444 e. The number of hydrogen-bond donors (Lipinski definition) is 3. The van der Waals surface area contributed by atoms with E-state index >= 15 is 0 Å². The van der Waals surface area contributed by atoms with Crippen LogP contribution in [0.1, 0.15) is 47.5 Å². The normalized spacial score (nSPS) is 15.3. The molecule has 3 N–H and O–H groups in total. The molecule has 0 aliphatic heterocycles. The molecule has 0 heterocycles. The topological polar surface area (TPSA) is 78.0 Å². The van der Waals surface area contributed by atoms with Crippen LogP contribution in [0.3, 0.4) is 0 Å². The van der Waals surface area contributed by atoms with E-state index in [0.29, 0.717) is 13.1 Å². The fourth-order valence-corrected chi connectivity index (χ4v) is 2.33. The molecule has 0 spiro atoms. The van der Waals surface area contributed by atoms with E-state index in [-0.39, 0.29) is 0 Å². The Morgan fingerprint density at radius 1 is 1.17 bits per heavy atom. The summed E-state index contributed by atoms with van der Waals surface area (Å²) in [7, 11) is 0. The highest BCUT2D eigenvalue weighted by atomic mass is 16.6. The highest BCUT2D eigenvalue weighted by molar-refractivity contribution is 5.79. The minimum Gasteiger partial charge on any atom is -0.444 e. The quantitative estimate of drug-likeness (QED) is 0.337. The van der Waals surface area contributed by atoms with Gasteiger partial charge in [0, 0.05) is 32.2 Å². The molecule has 0 aromatic carbocycles. The van der Waals surface area contributed by atoms with Gasteiger partial charge >= 0.3 is 6.09 Å². The molecule has 1 fully saturated rings. The van der Waals surface area contributed by atoms with Crippen LogP contribution in [-0.2, 0) is 4.74 Å². The third-order valence-corrected chi connectivity index (χ3v) is 3.56. The number of rotatable bonds is 9. The standard InChI is InChI=1S/C17H35N5O2/c1-6-18-15(20-12-13-22(7-2)14-8-9-14)19-10-11-21-16(23)24-17(3,4)5/h14H,6-13H2,1-5H3,(H,21,23)(H2,18,19,20). The van der Waals surface area contributed by atoms with Crippen LogP contribution < -0.4 is 16.0 Å². The minimum absolute atomic E-state index is 0.394. The van der Waals surface area contributed by atoms with Crippen LogP contribution in [-0.4, -0.2) is 67.9 Å². The summed E-state index contributed by atoms with van der Waals surface area (Å²) < 4.78 is 5.19. The Kier molecular flexibility index (Phi) is 8.89. The molecule has 0 unspecified atom stereocenters. The molecule has 0 bridgehead atoms. The van der Waals surface area contributed by atoms with Gasteiger partial charge in [0.2, 0.25) is 0 Å². The first-order valence-electron chi connectivity index (χ1n) is 9.08. The molecule has 24 heavy (non-hydrogen) atoms. The van der Waals surface area contributed by atoms with Gasteiger partial charge < -0.3 is 20.7 Å². The van der Waals surface area contributed by atoms with Gasteiger partial charge in [-0.1, -0.05) is 6.92 Å². The molecule has 7 nitrogen and oxygen atoms in total. The summed E-state index contributed by atoms with van der Waals surface area (Å²) in [5.41, 5.74) is -0.472. The second-order valence-electron chi connectivity index (χ2n) is 6.98. The summed E-state index contributed by atoms with van der Waals surface area (Å²) in [4.78, 5) is 18.6. The molecular weight excluding hydrogens is 306 g/mol. The van der Waals surface area contributed by atoms with Gasteiger partial charge in [-0.3, -0.25) is 9.89 Å². The first-order chi connectivity index (χ1) is 11.4. The second-order valence-corrected chi connectivity index (χ2v) is 6.98. The molecule has 0 radical (unpaired) electrons. The molecule has 7 heteroatoms. The van der Waals surface area contributed by atoms with Crippen molar-refractivity contribution in [1.29, 1.82) is 0 Å². The second kappa shape index (κ2) is 10.4. The summed E-state index contributed by atoms with van der Waals surface area (Å²) >= 11 is 0. The van der Waals surface area contributed by atoms with Crippen molar-refractivity contribution in [3.63, 3.8) is 0 Å². The van der Waals surface area contributed by atoms with Crippen molar-refractivity contribution >= 4 is 12.1 Å². The zero-order valence-electron chi connectivity index (χ0n) is 15.9. The SMILES string of the molecule is CCNC(=NCCN(CC)C1CC1)NCCNC(=O)OC(C)(C)C. The van der Waals surface area contributed by atoms with E-state index in [4.69, 9.17) is 4.74 Å². The van der Waals surface area contributed by atoms with Crippen LogP contribution >= 0.6 is 0 Å². The Hall–Kier alpha value is -1.50. The van der Waals surface area contributed by atoms with Gasteiger partial charge in [0.05, 0.1) is 6.54 Å². The Bertz CT molecular complexity index is 402. The van der Waals surface area contributed by atoms with Crippen molar-refractivity contribution in [2.45, 2.75) is 59.1 Å². The number of aliphatic imine (C=N–C) groups is 1. The number of amides is 1. The lowest BCUT2D eigenvalue weighted by molar-refractivity contribution is 0.0529. The number of ether oxygens (including phenoxy) is 1. The fraction of sp³-hybridized carbons (Fsp3) is 0.882. The highest BCUT2D eigenvalue weighted by Crippen LogP contribution is 2.25. The average molecular weight is 342 g/mol. The van der Waals surface area contributed by atoms with E-state index in [1.807, 2.05) is 27.7 Å². The van der Waals surface area contributed by atoms with E-state index in [0.717, 1.165) is 38.2 Å². The number of hydrogen-bond acceptors (Lipinski definition) is 4. The lowest BCUT2D eigenvalue weighted by Crippen LogP contribution is -2.42. The van der Waals surface area contributed by atoms with Crippen LogP contribution in [0.5, 0.6) is 0 Å². The van der Waals surface area contributed by atoms with Crippen LogP contribution in [0.15, 0.2) is 4.99 Å². The van der Waals surface area contributed by atoms with Crippen LogP contribution in [0.4, 0.5) is 4.79 Å². The lowest BCUT2D eigenvalue weighted by atomic mass is 10.2. The van der Waals surface area contributed by atoms with Crippen LogP contribution in [0, 0.1) is 0 Å². The molecule has 1 saturated carbocycles. The molecule has 1 aliphatic rings. The maximum Gasteiger partial charge on any atom is 0.407 e. The number of nitrogens with zero attached hydrogens (tertiary/aromatic N) is 2. The molecule has 1 rings (SSSR count). The predicted octanol–water partition coefficient (Wildman–Crippen LogP) is 1.55. The summed E-state index contributed by atoms with van der Waals surface area (Å²) in [6.45, 7) is 14.6. The molecule has 1 aliphatic carbocycles. The molecule has 140 valence electrons. The van der Waals surface area contributed by atoms with Gasteiger partial charge in [-0.05, 0) is 47.1 Å². The monoisotopic (exact) mass is 341 g/mol. The number of carbonyl (C=O) groups is 1. The van der Waals surface area contributed by atoms with Crippen molar-refractivity contribution in [1.82, 2.24) is 20.9 Å². The van der Waals surface area contributed by atoms with E-state index in [1.165, 1.54) is 12.8 Å². The first-order valence-corrected chi connectivity index (χ1v) is 9.08. The van der Waals surface area contributed by atoms with Crippen molar-refractivity contribution < 1.29 is 9.53 Å². The van der Waals surface area contributed by atoms with Gasteiger partial charge in [0.15, 0.2) is 5.96 Å². The molecule has 1 amide bonds. The van der Waals surface area contributed by atoms with Crippen LogP contribution in [0.2, 0.25) is 0 Å². The van der Waals surface area contributed by atoms with Crippen molar-refractivity contribution in [3.8, 4) is 0 Å². The zero-order chi connectivity index (χ0) is 18.0. The molecule has 0 atom stereocenters. The Morgan fingerprint density at radius 2 is 1.83 bits per heavy atom. The Balaban J connectivity index is 2.24. The van der Waals surface area contributed by atoms with Crippen molar-refractivity contribution in [3.05, 3.63) is 0 Å². The summed E-state index contributed by atoms with van der Waals surface area (Å²) in [5, 5.41) is 9.18. The van der Waals surface area contributed by atoms with E-state index in [1.54, 1.807) is 0 Å². The van der Waals surface area contributed by atoms with Gasteiger partial charge in [-0.2, -0.15) is 0 Å². The molecule has 0 saturated heterocycles. The number of alkyl carbamates (subject to hydrolysis) is 1. The highest BCUT2D eigenvalue weighted by Gasteiger charge is 2.27. The maximum absolute atomic E-state index is 11.6. The molecule has 0 aromatic heterocycles. The average Bonchev–Trinajstić information content (AvgIpc) is 3.30. The number of guanidine groups is 1. The zero-order valence-corrected chi connectivity index (χ0v) is 15.9. The fourth-order valence-electron chi connectivity index (χ4n) is 2.33. The first kappa shape index (κ1) is 20.5. The third-order valence-electron chi connectivity index (χ3n) is 3.56. The Labute approximate surface area is 146 Å². The maximum atomic E-state index is 11.6. The van der Waals surface area contributed by atoms with Gasteiger partial charge in [0.1, 0.15) is 5.60 Å². The van der Waals surface area contributed by atoms with Gasteiger partial charge in [-0.15, -0.1) is 0 Å². The summed E-state index contributed by atoms with van der Waals surface area (Å²) in [6.07, 6.45) is 2.26. The lowest BCUT2D eigenvalue weighted by Gasteiger charge is -2.20. The third kappa shape index (κ3) is 9.60. The number of carbonyl (C=O) groups excluding carboxylic acids is 1. The van der Waals surface area contributed by atoms with E-state index in [2.05, 4.69) is 32.8 Å². The van der Waals surface area contributed by atoms with Crippen LogP contribution in [0.25, 0.3) is 0 Å². The molecule has 0 aromatic rings. The smallest absolute Gasteiger partial charge is 0.407 e. The van der Waals surface area contributed by atoms with E-state index < -0.39 is 11.7 Å². The molecular formula is C17H35N5O2. The number of nitrogens with one attached hydrogen (secondary N) is 3. The Morgan fingerprint density at radius 3 is 2.38 bits per heavy atom. The number of likely N-dealkylation sites (N-methyl/N-ethyl adjacent to an activating group) is 1.